The Morgan fingerprint density at radius 3 is 2.42 bits per heavy atom. The van der Waals surface area contributed by atoms with Crippen molar-refractivity contribution in [2.45, 2.75) is 26.9 Å². The van der Waals surface area contributed by atoms with E-state index in [0.29, 0.717) is 5.56 Å². The van der Waals surface area contributed by atoms with Gasteiger partial charge in [0.25, 0.3) is 5.91 Å². The molecule has 0 unspecified atom stereocenters. The highest BCUT2D eigenvalue weighted by atomic mass is 16.5. The summed E-state index contributed by atoms with van der Waals surface area (Å²) in [6.45, 7) is 5.00. The zero-order valence-corrected chi connectivity index (χ0v) is 11.2. The molecular formula is C14H16N2O3. The summed E-state index contributed by atoms with van der Waals surface area (Å²) in [6.07, 6.45) is -0.814. The van der Waals surface area contributed by atoms with Crippen molar-refractivity contribution in [2.75, 3.05) is 6.54 Å². The van der Waals surface area contributed by atoms with Crippen LogP contribution in [0.3, 0.4) is 0 Å². The largest absolute Gasteiger partial charge is 0.446 e. The fourth-order valence-corrected chi connectivity index (χ4v) is 1.63. The van der Waals surface area contributed by atoms with Gasteiger partial charge in [-0.3, -0.25) is 9.59 Å². The monoisotopic (exact) mass is 260 g/mol. The summed E-state index contributed by atoms with van der Waals surface area (Å²) in [7, 11) is 0. The number of hydrogen-bond donors (Lipinski definition) is 1. The first-order valence-corrected chi connectivity index (χ1v) is 5.88. The molecule has 0 aliphatic heterocycles. The first kappa shape index (κ1) is 14.7. The van der Waals surface area contributed by atoms with E-state index >= 15 is 0 Å². The van der Waals surface area contributed by atoms with Crippen molar-refractivity contribution >= 4 is 11.9 Å². The SMILES string of the molecule is Cc1cc(C)cc(C(=O)NCC(=O)O[C@H](C)C#N)c1. The van der Waals surface area contributed by atoms with Crippen LogP contribution in [0.1, 0.15) is 28.4 Å². The number of benzene rings is 1. The zero-order valence-electron chi connectivity index (χ0n) is 11.2. The van der Waals surface area contributed by atoms with Crippen LogP contribution in [0, 0.1) is 25.2 Å². The molecule has 100 valence electrons. The lowest BCUT2D eigenvalue weighted by molar-refractivity contribution is -0.144. The number of esters is 1. The van der Waals surface area contributed by atoms with E-state index in [2.05, 4.69) is 5.32 Å². The van der Waals surface area contributed by atoms with Crippen LogP contribution in [0.15, 0.2) is 18.2 Å². The Kier molecular flexibility index (Phi) is 5.07. The van der Waals surface area contributed by atoms with Gasteiger partial charge in [-0.05, 0) is 32.9 Å². The molecule has 0 heterocycles. The number of aryl methyl sites for hydroxylation is 2. The third kappa shape index (κ3) is 4.80. The minimum absolute atomic E-state index is 0.252. The first-order chi connectivity index (χ1) is 8.92. The van der Waals surface area contributed by atoms with E-state index < -0.39 is 12.1 Å². The summed E-state index contributed by atoms with van der Waals surface area (Å²) in [4.78, 5) is 23.1. The van der Waals surface area contributed by atoms with Crippen molar-refractivity contribution in [1.82, 2.24) is 5.32 Å². The molecule has 0 bridgehead atoms. The van der Waals surface area contributed by atoms with E-state index in [0.717, 1.165) is 11.1 Å². The van der Waals surface area contributed by atoms with E-state index in [9.17, 15) is 9.59 Å². The van der Waals surface area contributed by atoms with Gasteiger partial charge >= 0.3 is 5.97 Å². The average molecular weight is 260 g/mol. The lowest BCUT2D eigenvalue weighted by atomic mass is 10.1. The Morgan fingerprint density at radius 1 is 1.32 bits per heavy atom. The second kappa shape index (κ2) is 6.55. The van der Waals surface area contributed by atoms with Gasteiger partial charge in [-0.25, -0.2) is 0 Å². The molecule has 1 aromatic carbocycles. The Balaban J connectivity index is 2.56. The number of nitriles is 1. The lowest BCUT2D eigenvalue weighted by Crippen LogP contribution is -2.32. The van der Waals surface area contributed by atoms with Crippen molar-refractivity contribution in [3.8, 4) is 6.07 Å². The van der Waals surface area contributed by atoms with E-state index in [1.807, 2.05) is 19.9 Å². The Bertz CT molecular complexity index is 512. The number of carbonyl (C=O) groups is 2. The van der Waals surface area contributed by atoms with Gasteiger partial charge in [0.2, 0.25) is 0 Å². The van der Waals surface area contributed by atoms with Crippen LogP contribution in [0.25, 0.3) is 0 Å². The minimum atomic E-state index is -0.814. The van der Waals surface area contributed by atoms with Crippen LogP contribution in [-0.4, -0.2) is 24.5 Å². The highest BCUT2D eigenvalue weighted by Crippen LogP contribution is 2.08. The molecule has 1 atom stereocenters. The van der Waals surface area contributed by atoms with Gasteiger partial charge in [0.1, 0.15) is 12.6 Å². The van der Waals surface area contributed by atoms with Gasteiger partial charge in [-0.15, -0.1) is 0 Å². The Labute approximate surface area is 112 Å². The van der Waals surface area contributed by atoms with E-state index in [4.69, 9.17) is 10.00 Å². The highest BCUT2D eigenvalue weighted by molar-refractivity contribution is 5.96. The Hall–Kier alpha value is -2.35. The predicted octanol–water partition coefficient (Wildman–Crippen LogP) is 1.49. The molecule has 0 radical (unpaired) electrons. The summed E-state index contributed by atoms with van der Waals surface area (Å²) >= 11 is 0. The molecular weight excluding hydrogens is 244 g/mol. The van der Waals surface area contributed by atoms with Crippen LogP contribution < -0.4 is 5.32 Å². The Morgan fingerprint density at radius 2 is 1.89 bits per heavy atom. The number of ether oxygens (including phenoxy) is 1. The first-order valence-electron chi connectivity index (χ1n) is 5.88. The molecule has 1 aromatic rings. The number of rotatable bonds is 4. The maximum absolute atomic E-state index is 11.8. The van der Waals surface area contributed by atoms with Crippen LogP contribution in [0.4, 0.5) is 0 Å². The molecule has 1 rings (SSSR count). The van der Waals surface area contributed by atoms with Gasteiger partial charge in [0.15, 0.2) is 6.10 Å². The van der Waals surface area contributed by atoms with E-state index in [-0.39, 0.29) is 12.5 Å². The van der Waals surface area contributed by atoms with Crippen LogP contribution in [0.2, 0.25) is 0 Å². The highest BCUT2D eigenvalue weighted by Gasteiger charge is 2.11. The summed E-state index contributed by atoms with van der Waals surface area (Å²) < 4.78 is 4.72. The summed E-state index contributed by atoms with van der Waals surface area (Å²) in [5.41, 5.74) is 2.45. The standard InChI is InChI=1S/C14H16N2O3/c1-9-4-10(2)6-12(5-9)14(18)16-8-13(17)19-11(3)7-15/h4-6,11H,8H2,1-3H3,(H,16,18)/t11-/m1/s1. The summed E-state index contributed by atoms with van der Waals surface area (Å²) in [5, 5.41) is 10.9. The zero-order chi connectivity index (χ0) is 14.4. The van der Waals surface area contributed by atoms with Crippen LogP contribution in [0.5, 0.6) is 0 Å². The predicted molar refractivity (Wildman–Crippen MR) is 69.4 cm³/mol. The number of nitrogens with zero attached hydrogens (tertiary/aromatic N) is 1. The van der Waals surface area contributed by atoms with Gasteiger partial charge in [0, 0.05) is 5.56 Å². The van der Waals surface area contributed by atoms with Crippen molar-refractivity contribution in [1.29, 1.82) is 5.26 Å². The van der Waals surface area contributed by atoms with Crippen LogP contribution in [-0.2, 0) is 9.53 Å². The number of carbonyl (C=O) groups excluding carboxylic acids is 2. The average Bonchev–Trinajstić information content (AvgIpc) is 2.34. The molecule has 0 saturated heterocycles. The maximum Gasteiger partial charge on any atom is 0.326 e. The summed E-state index contributed by atoms with van der Waals surface area (Å²) in [6, 6.07) is 7.22. The molecule has 0 saturated carbocycles. The molecule has 5 heteroatoms. The molecule has 0 aromatic heterocycles. The third-order valence-corrected chi connectivity index (χ3v) is 2.37. The van der Waals surface area contributed by atoms with Crippen molar-refractivity contribution in [2.24, 2.45) is 0 Å². The molecule has 19 heavy (non-hydrogen) atoms. The molecule has 5 nitrogen and oxygen atoms in total. The maximum atomic E-state index is 11.8. The molecule has 0 fully saturated rings. The lowest BCUT2D eigenvalue weighted by Gasteiger charge is -2.08. The quantitative estimate of drug-likeness (QED) is 0.832. The fourth-order valence-electron chi connectivity index (χ4n) is 1.63. The van der Waals surface area contributed by atoms with Gasteiger partial charge < -0.3 is 10.1 Å². The molecule has 0 aliphatic carbocycles. The van der Waals surface area contributed by atoms with Gasteiger partial charge in [-0.1, -0.05) is 17.2 Å². The second-order valence-electron chi connectivity index (χ2n) is 4.32. The van der Waals surface area contributed by atoms with Gasteiger partial charge in [-0.2, -0.15) is 5.26 Å². The molecule has 1 amide bonds. The van der Waals surface area contributed by atoms with Crippen LogP contribution >= 0.6 is 0 Å². The number of hydrogen-bond acceptors (Lipinski definition) is 4. The van der Waals surface area contributed by atoms with Crippen molar-refractivity contribution < 1.29 is 14.3 Å². The van der Waals surface area contributed by atoms with Crippen molar-refractivity contribution in [3.05, 3.63) is 34.9 Å². The van der Waals surface area contributed by atoms with E-state index in [1.54, 1.807) is 18.2 Å². The smallest absolute Gasteiger partial charge is 0.326 e. The molecule has 1 N–H and O–H groups in total. The van der Waals surface area contributed by atoms with Crippen molar-refractivity contribution in [3.63, 3.8) is 0 Å². The van der Waals surface area contributed by atoms with Gasteiger partial charge in [0.05, 0.1) is 0 Å². The topological polar surface area (TPSA) is 79.2 Å². The second-order valence-corrected chi connectivity index (χ2v) is 4.32. The third-order valence-electron chi connectivity index (χ3n) is 2.37. The summed E-state index contributed by atoms with van der Waals surface area (Å²) in [5.74, 6) is -0.972. The normalized spacial score (nSPS) is 11.3. The number of nitrogens with one attached hydrogen (secondary N) is 1. The molecule has 0 aliphatic rings. The minimum Gasteiger partial charge on any atom is -0.446 e. The molecule has 0 spiro atoms. The number of amides is 1. The van der Waals surface area contributed by atoms with E-state index in [1.165, 1.54) is 6.92 Å². The fraction of sp³-hybridized carbons (Fsp3) is 0.357.